The second kappa shape index (κ2) is 9.07. The second-order valence-electron chi connectivity index (χ2n) is 5.93. The number of rotatable bonds is 6. The van der Waals surface area contributed by atoms with Gasteiger partial charge in [-0.25, -0.2) is 4.99 Å². The van der Waals surface area contributed by atoms with Crippen LogP contribution in [-0.4, -0.2) is 32.2 Å². The topological polar surface area (TPSA) is 59.9 Å². The summed E-state index contributed by atoms with van der Waals surface area (Å²) in [4.78, 5) is 16.6. The highest BCUT2D eigenvalue weighted by Gasteiger charge is 2.11. The number of carbonyl (C=O) groups is 1. The minimum Gasteiger partial charge on any atom is -0.497 e. The molecule has 1 rings (SSSR count). The molecule has 5 nitrogen and oxygen atoms in total. The van der Waals surface area contributed by atoms with E-state index in [0.29, 0.717) is 36.3 Å². The van der Waals surface area contributed by atoms with Gasteiger partial charge < -0.3 is 9.47 Å². The quantitative estimate of drug-likeness (QED) is 0.649. The number of amidine groups is 1. The highest BCUT2D eigenvalue weighted by molar-refractivity contribution is 6.04. The van der Waals surface area contributed by atoms with Gasteiger partial charge in [-0.05, 0) is 30.0 Å². The lowest BCUT2D eigenvalue weighted by Crippen LogP contribution is -2.33. The predicted octanol–water partition coefficient (Wildman–Crippen LogP) is 3.11. The highest BCUT2D eigenvalue weighted by atomic mass is 16.5. The smallest absolute Gasteiger partial charge is 0.291 e. The van der Waals surface area contributed by atoms with Gasteiger partial charge >= 0.3 is 0 Å². The number of aliphatic imine (C=N–C) groups is 1. The SMILES string of the molecule is COc1cccc(C(=O)NC(=NCC(C)C)OCC(C)C)c1. The van der Waals surface area contributed by atoms with Crippen LogP contribution in [0.4, 0.5) is 0 Å². The Balaban J connectivity index is 2.78. The standard InChI is InChI=1S/C17H26N2O3/c1-12(2)10-18-17(22-11-13(3)4)19-16(20)14-7-6-8-15(9-14)21-5/h6-9,12-13H,10-11H2,1-5H3,(H,18,19,20). The van der Waals surface area contributed by atoms with Crippen LogP contribution in [0.15, 0.2) is 29.3 Å². The lowest BCUT2D eigenvalue weighted by molar-refractivity contribution is 0.0962. The molecule has 1 aromatic rings. The van der Waals surface area contributed by atoms with Gasteiger partial charge in [-0.2, -0.15) is 0 Å². The Hall–Kier alpha value is -2.04. The van der Waals surface area contributed by atoms with Crippen LogP contribution in [0.5, 0.6) is 5.75 Å². The van der Waals surface area contributed by atoms with E-state index in [0.717, 1.165) is 0 Å². The van der Waals surface area contributed by atoms with Crippen molar-refractivity contribution in [2.24, 2.45) is 16.8 Å². The molecule has 0 spiro atoms. The maximum atomic E-state index is 12.3. The van der Waals surface area contributed by atoms with E-state index in [1.54, 1.807) is 31.4 Å². The summed E-state index contributed by atoms with van der Waals surface area (Å²) in [7, 11) is 1.57. The van der Waals surface area contributed by atoms with E-state index in [-0.39, 0.29) is 11.9 Å². The molecule has 0 heterocycles. The lowest BCUT2D eigenvalue weighted by Gasteiger charge is -2.13. The van der Waals surface area contributed by atoms with Crippen LogP contribution in [0.1, 0.15) is 38.1 Å². The van der Waals surface area contributed by atoms with Gasteiger partial charge in [0.05, 0.1) is 13.7 Å². The van der Waals surface area contributed by atoms with Crippen LogP contribution in [0, 0.1) is 11.8 Å². The first-order chi connectivity index (χ1) is 10.4. The van der Waals surface area contributed by atoms with Gasteiger partial charge in [0.1, 0.15) is 5.75 Å². The molecule has 0 aliphatic heterocycles. The van der Waals surface area contributed by atoms with Crippen molar-refractivity contribution in [1.29, 1.82) is 0 Å². The zero-order valence-corrected chi connectivity index (χ0v) is 14.1. The third kappa shape index (κ3) is 6.61. The normalized spacial score (nSPS) is 11.7. The Morgan fingerprint density at radius 2 is 1.95 bits per heavy atom. The van der Waals surface area contributed by atoms with E-state index in [1.807, 2.05) is 13.8 Å². The van der Waals surface area contributed by atoms with Gasteiger partial charge in [0.25, 0.3) is 11.9 Å². The van der Waals surface area contributed by atoms with Crippen LogP contribution < -0.4 is 10.1 Å². The molecule has 0 aliphatic rings. The van der Waals surface area contributed by atoms with Crippen molar-refractivity contribution in [2.45, 2.75) is 27.7 Å². The summed E-state index contributed by atoms with van der Waals surface area (Å²) in [6.45, 7) is 9.33. The van der Waals surface area contributed by atoms with Crippen molar-refractivity contribution in [2.75, 3.05) is 20.3 Å². The third-order valence-corrected chi connectivity index (χ3v) is 2.71. The van der Waals surface area contributed by atoms with Crippen molar-refractivity contribution < 1.29 is 14.3 Å². The van der Waals surface area contributed by atoms with Crippen molar-refractivity contribution in [3.63, 3.8) is 0 Å². The average Bonchev–Trinajstić information content (AvgIpc) is 2.49. The van der Waals surface area contributed by atoms with Gasteiger partial charge in [-0.3, -0.25) is 10.1 Å². The Bertz CT molecular complexity index is 510. The third-order valence-electron chi connectivity index (χ3n) is 2.71. The number of benzene rings is 1. The Kier molecular flexibility index (Phi) is 7.43. The van der Waals surface area contributed by atoms with Gasteiger partial charge in [0, 0.05) is 12.1 Å². The van der Waals surface area contributed by atoms with Gasteiger partial charge in [-0.1, -0.05) is 33.8 Å². The predicted molar refractivity (Wildman–Crippen MR) is 88.4 cm³/mol. The summed E-state index contributed by atoms with van der Waals surface area (Å²) < 4.78 is 10.7. The first-order valence-electron chi connectivity index (χ1n) is 7.55. The monoisotopic (exact) mass is 306 g/mol. The number of amides is 1. The number of ether oxygens (including phenoxy) is 2. The average molecular weight is 306 g/mol. The highest BCUT2D eigenvalue weighted by Crippen LogP contribution is 2.12. The van der Waals surface area contributed by atoms with Crippen molar-refractivity contribution in [3.05, 3.63) is 29.8 Å². The first-order valence-corrected chi connectivity index (χ1v) is 7.55. The van der Waals surface area contributed by atoms with Crippen LogP contribution in [-0.2, 0) is 4.74 Å². The van der Waals surface area contributed by atoms with E-state index in [2.05, 4.69) is 24.2 Å². The summed E-state index contributed by atoms with van der Waals surface area (Å²) in [5.74, 6) is 1.13. The molecule has 0 unspecified atom stereocenters. The van der Waals surface area contributed by atoms with E-state index in [1.165, 1.54) is 0 Å². The molecular weight excluding hydrogens is 280 g/mol. The lowest BCUT2D eigenvalue weighted by atomic mass is 10.2. The number of nitrogens with zero attached hydrogens (tertiary/aromatic N) is 1. The molecule has 0 bridgehead atoms. The molecule has 22 heavy (non-hydrogen) atoms. The van der Waals surface area contributed by atoms with Crippen LogP contribution in [0.3, 0.4) is 0 Å². The van der Waals surface area contributed by atoms with Crippen LogP contribution in [0.25, 0.3) is 0 Å². The fourth-order valence-electron chi connectivity index (χ4n) is 1.57. The summed E-state index contributed by atoms with van der Waals surface area (Å²) in [6.07, 6.45) is 0. The summed E-state index contributed by atoms with van der Waals surface area (Å²) in [5, 5.41) is 2.73. The summed E-state index contributed by atoms with van der Waals surface area (Å²) in [5.41, 5.74) is 0.504. The first kappa shape index (κ1) is 18.0. The van der Waals surface area contributed by atoms with Gasteiger partial charge in [0.15, 0.2) is 0 Å². The van der Waals surface area contributed by atoms with Crippen molar-refractivity contribution in [1.82, 2.24) is 5.32 Å². The molecule has 5 heteroatoms. The molecule has 1 amide bonds. The molecule has 1 N–H and O–H groups in total. The van der Waals surface area contributed by atoms with Crippen molar-refractivity contribution >= 4 is 11.9 Å². The van der Waals surface area contributed by atoms with Crippen LogP contribution in [0.2, 0.25) is 0 Å². The molecule has 122 valence electrons. The number of carbonyl (C=O) groups excluding carboxylic acids is 1. The Morgan fingerprint density at radius 1 is 1.23 bits per heavy atom. The molecular formula is C17H26N2O3. The Labute approximate surface area is 132 Å². The summed E-state index contributed by atoms with van der Waals surface area (Å²) >= 11 is 0. The zero-order chi connectivity index (χ0) is 16.5. The summed E-state index contributed by atoms with van der Waals surface area (Å²) in [6, 6.07) is 7.24. The molecule has 0 aromatic heterocycles. The van der Waals surface area contributed by atoms with E-state index in [4.69, 9.17) is 9.47 Å². The Morgan fingerprint density at radius 3 is 2.55 bits per heavy atom. The maximum absolute atomic E-state index is 12.3. The molecule has 1 aromatic carbocycles. The second-order valence-corrected chi connectivity index (χ2v) is 5.93. The minimum atomic E-state index is -0.259. The fraction of sp³-hybridized carbons (Fsp3) is 0.529. The molecule has 0 radical (unpaired) electrons. The molecule has 0 aliphatic carbocycles. The number of nitrogens with one attached hydrogen (secondary N) is 1. The van der Waals surface area contributed by atoms with Crippen LogP contribution >= 0.6 is 0 Å². The molecule has 0 saturated carbocycles. The number of hydrogen-bond acceptors (Lipinski definition) is 4. The van der Waals surface area contributed by atoms with E-state index in [9.17, 15) is 4.79 Å². The van der Waals surface area contributed by atoms with E-state index >= 15 is 0 Å². The zero-order valence-electron chi connectivity index (χ0n) is 14.1. The van der Waals surface area contributed by atoms with Gasteiger partial charge in [0.2, 0.25) is 0 Å². The molecule has 0 atom stereocenters. The fourth-order valence-corrected chi connectivity index (χ4v) is 1.57. The van der Waals surface area contributed by atoms with E-state index < -0.39 is 0 Å². The van der Waals surface area contributed by atoms with Crippen molar-refractivity contribution in [3.8, 4) is 5.75 Å². The molecule has 0 saturated heterocycles. The minimum absolute atomic E-state index is 0.259. The van der Waals surface area contributed by atoms with Gasteiger partial charge in [-0.15, -0.1) is 0 Å². The maximum Gasteiger partial charge on any atom is 0.291 e. The number of methoxy groups -OCH3 is 1. The largest absolute Gasteiger partial charge is 0.497 e. The molecule has 0 fully saturated rings. The number of hydrogen-bond donors (Lipinski definition) is 1.